The quantitative estimate of drug-likeness (QED) is 0.877. The summed E-state index contributed by atoms with van der Waals surface area (Å²) >= 11 is 0. The van der Waals surface area contributed by atoms with Gasteiger partial charge in [0.1, 0.15) is 5.82 Å². The van der Waals surface area contributed by atoms with Crippen LogP contribution in [0, 0.1) is 19.7 Å². The fraction of sp³-hybridized carbons (Fsp3) is 0.188. The van der Waals surface area contributed by atoms with E-state index in [1.54, 1.807) is 12.1 Å². The van der Waals surface area contributed by atoms with Crippen LogP contribution in [0.1, 0.15) is 16.7 Å². The summed E-state index contributed by atoms with van der Waals surface area (Å²) in [5, 5.41) is 5.51. The number of halogens is 1. The maximum atomic E-state index is 12.7. The minimum atomic E-state index is -0.284. The van der Waals surface area contributed by atoms with Gasteiger partial charge in [-0.1, -0.05) is 18.2 Å². The first kappa shape index (κ1) is 14.1. The van der Waals surface area contributed by atoms with Crippen LogP contribution in [0.3, 0.4) is 0 Å². The molecule has 0 aliphatic heterocycles. The Kier molecular flexibility index (Phi) is 4.35. The summed E-state index contributed by atoms with van der Waals surface area (Å²) in [5.41, 5.74) is 3.80. The van der Waals surface area contributed by atoms with Gasteiger partial charge in [-0.15, -0.1) is 0 Å². The van der Waals surface area contributed by atoms with Gasteiger partial charge in [-0.2, -0.15) is 0 Å². The number of amides is 2. The third-order valence-electron chi connectivity index (χ3n) is 2.85. The zero-order valence-corrected chi connectivity index (χ0v) is 11.5. The molecule has 4 heteroatoms. The van der Waals surface area contributed by atoms with Crippen LogP contribution in [0.5, 0.6) is 0 Å². The average molecular weight is 272 g/mol. The van der Waals surface area contributed by atoms with E-state index in [4.69, 9.17) is 0 Å². The maximum absolute atomic E-state index is 12.7. The van der Waals surface area contributed by atoms with Gasteiger partial charge in [0.25, 0.3) is 0 Å². The first-order chi connectivity index (χ1) is 9.52. The van der Waals surface area contributed by atoms with Crippen LogP contribution < -0.4 is 10.6 Å². The third kappa shape index (κ3) is 4.09. The molecule has 2 amide bonds. The lowest BCUT2D eigenvalue weighted by molar-refractivity contribution is 0.251. The standard InChI is InChI=1S/C16H17FN2O/c1-11-7-12(2)9-15(8-11)19-16(20)18-10-13-3-5-14(17)6-4-13/h3-9H,10H2,1-2H3,(H2,18,19,20). The molecule has 0 radical (unpaired) electrons. The molecule has 0 saturated heterocycles. The second-order valence-electron chi connectivity index (χ2n) is 4.81. The van der Waals surface area contributed by atoms with Crippen LogP contribution in [0.15, 0.2) is 42.5 Å². The number of nitrogens with one attached hydrogen (secondary N) is 2. The summed E-state index contributed by atoms with van der Waals surface area (Å²) < 4.78 is 12.7. The van der Waals surface area contributed by atoms with E-state index < -0.39 is 0 Å². The van der Waals surface area contributed by atoms with Crippen molar-refractivity contribution < 1.29 is 9.18 Å². The highest BCUT2D eigenvalue weighted by atomic mass is 19.1. The molecular formula is C16H17FN2O. The van der Waals surface area contributed by atoms with Crippen molar-refractivity contribution in [1.29, 1.82) is 0 Å². The van der Waals surface area contributed by atoms with Crippen LogP contribution in [0.25, 0.3) is 0 Å². The SMILES string of the molecule is Cc1cc(C)cc(NC(=O)NCc2ccc(F)cc2)c1. The number of aryl methyl sites for hydroxylation is 2. The molecule has 0 aromatic heterocycles. The Morgan fingerprint density at radius 3 is 2.25 bits per heavy atom. The highest BCUT2D eigenvalue weighted by molar-refractivity contribution is 5.89. The summed E-state index contributed by atoms with van der Waals surface area (Å²) in [6, 6.07) is 11.6. The number of carbonyl (C=O) groups is 1. The number of hydrogen-bond acceptors (Lipinski definition) is 1. The normalized spacial score (nSPS) is 10.2. The van der Waals surface area contributed by atoms with Crippen LogP contribution >= 0.6 is 0 Å². The van der Waals surface area contributed by atoms with E-state index in [0.29, 0.717) is 6.54 Å². The molecule has 0 spiro atoms. The number of urea groups is 1. The lowest BCUT2D eigenvalue weighted by Crippen LogP contribution is -2.28. The summed E-state index contributed by atoms with van der Waals surface area (Å²) in [4.78, 5) is 11.8. The van der Waals surface area contributed by atoms with Crippen molar-refractivity contribution in [3.8, 4) is 0 Å². The lowest BCUT2D eigenvalue weighted by atomic mass is 10.1. The monoisotopic (exact) mass is 272 g/mol. The molecule has 0 fully saturated rings. The minimum absolute atomic E-state index is 0.278. The van der Waals surface area contributed by atoms with E-state index in [2.05, 4.69) is 10.6 Å². The maximum Gasteiger partial charge on any atom is 0.319 e. The summed E-state index contributed by atoms with van der Waals surface area (Å²) in [6.07, 6.45) is 0. The average Bonchev–Trinajstić information content (AvgIpc) is 2.37. The van der Waals surface area contributed by atoms with Crippen molar-refractivity contribution in [2.24, 2.45) is 0 Å². The van der Waals surface area contributed by atoms with E-state index in [1.807, 2.05) is 32.0 Å². The summed E-state index contributed by atoms with van der Waals surface area (Å²) in [5.74, 6) is -0.284. The van der Waals surface area contributed by atoms with E-state index in [9.17, 15) is 9.18 Å². The van der Waals surface area contributed by atoms with Crippen LogP contribution in [0.2, 0.25) is 0 Å². The van der Waals surface area contributed by atoms with Crippen molar-refractivity contribution in [2.75, 3.05) is 5.32 Å². The Morgan fingerprint density at radius 2 is 1.65 bits per heavy atom. The smallest absolute Gasteiger partial charge is 0.319 e. The molecule has 0 aliphatic rings. The fourth-order valence-corrected chi connectivity index (χ4v) is 2.01. The largest absolute Gasteiger partial charge is 0.334 e. The predicted molar refractivity (Wildman–Crippen MR) is 78.2 cm³/mol. The highest BCUT2D eigenvalue weighted by Crippen LogP contribution is 2.13. The minimum Gasteiger partial charge on any atom is -0.334 e. The van der Waals surface area contributed by atoms with Gasteiger partial charge >= 0.3 is 6.03 Å². The molecule has 0 unspecified atom stereocenters. The van der Waals surface area contributed by atoms with Crippen molar-refractivity contribution in [1.82, 2.24) is 5.32 Å². The van der Waals surface area contributed by atoms with Crippen LogP contribution in [-0.2, 0) is 6.54 Å². The van der Waals surface area contributed by atoms with Gasteiger partial charge < -0.3 is 10.6 Å². The van der Waals surface area contributed by atoms with Gasteiger partial charge in [-0.05, 0) is 54.8 Å². The molecule has 0 heterocycles. The van der Waals surface area contributed by atoms with E-state index in [1.165, 1.54) is 12.1 Å². The predicted octanol–water partition coefficient (Wildman–Crippen LogP) is 3.76. The molecule has 2 N–H and O–H groups in total. The fourth-order valence-electron chi connectivity index (χ4n) is 2.01. The Morgan fingerprint density at radius 1 is 1.05 bits per heavy atom. The van der Waals surface area contributed by atoms with Crippen molar-refractivity contribution in [2.45, 2.75) is 20.4 Å². The Balaban J connectivity index is 1.90. The molecule has 0 atom stereocenters. The van der Waals surface area contributed by atoms with Crippen LogP contribution in [-0.4, -0.2) is 6.03 Å². The molecule has 0 bridgehead atoms. The van der Waals surface area contributed by atoms with Crippen molar-refractivity contribution in [3.63, 3.8) is 0 Å². The van der Waals surface area contributed by atoms with Crippen molar-refractivity contribution in [3.05, 3.63) is 65.0 Å². The topological polar surface area (TPSA) is 41.1 Å². The zero-order valence-electron chi connectivity index (χ0n) is 11.5. The molecule has 2 aromatic carbocycles. The Labute approximate surface area is 117 Å². The number of hydrogen-bond donors (Lipinski definition) is 2. The molecule has 2 rings (SSSR count). The van der Waals surface area contributed by atoms with Gasteiger partial charge in [0.2, 0.25) is 0 Å². The second-order valence-corrected chi connectivity index (χ2v) is 4.81. The van der Waals surface area contributed by atoms with E-state index in [0.717, 1.165) is 22.4 Å². The molecule has 104 valence electrons. The van der Waals surface area contributed by atoms with Gasteiger partial charge in [-0.3, -0.25) is 0 Å². The molecule has 0 saturated carbocycles. The van der Waals surface area contributed by atoms with Gasteiger partial charge in [0, 0.05) is 12.2 Å². The highest BCUT2D eigenvalue weighted by Gasteiger charge is 2.03. The summed E-state index contributed by atoms with van der Waals surface area (Å²) in [6.45, 7) is 4.32. The van der Waals surface area contributed by atoms with Crippen LogP contribution in [0.4, 0.5) is 14.9 Å². The molecule has 20 heavy (non-hydrogen) atoms. The zero-order chi connectivity index (χ0) is 14.5. The lowest BCUT2D eigenvalue weighted by Gasteiger charge is -2.09. The third-order valence-corrected chi connectivity index (χ3v) is 2.85. The molecule has 0 aliphatic carbocycles. The molecule has 3 nitrogen and oxygen atoms in total. The second kappa shape index (κ2) is 6.19. The molecule has 2 aromatic rings. The first-order valence-corrected chi connectivity index (χ1v) is 6.40. The van der Waals surface area contributed by atoms with Gasteiger partial charge in [0.15, 0.2) is 0 Å². The number of anilines is 1. The van der Waals surface area contributed by atoms with E-state index in [-0.39, 0.29) is 11.8 Å². The van der Waals surface area contributed by atoms with E-state index >= 15 is 0 Å². The number of rotatable bonds is 3. The summed E-state index contributed by atoms with van der Waals surface area (Å²) in [7, 11) is 0. The molecular weight excluding hydrogens is 255 g/mol. The Hall–Kier alpha value is -2.36. The first-order valence-electron chi connectivity index (χ1n) is 6.40. The Bertz CT molecular complexity index is 588. The number of carbonyl (C=O) groups excluding carboxylic acids is 1. The van der Waals surface area contributed by atoms with Gasteiger partial charge in [0.05, 0.1) is 0 Å². The van der Waals surface area contributed by atoms with Gasteiger partial charge in [-0.25, -0.2) is 9.18 Å². The number of benzene rings is 2. The van der Waals surface area contributed by atoms with Crippen molar-refractivity contribution >= 4 is 11.7 Å².